The van der Waals surface area contributed by atoms with Crippen LogP contribution in [0.5, 0.6) is 0 Å². The van der Waals surface area contributed by atoms with E-state index in [1.54, 1.807) is 0 Å². The van der Waals surface area contributed by atoms with E-state index in [0.29, 0.717) is 0 Å². The fourth-order valence-electron chi connectivity index (χ4n) is 3.49. The summed E-state index contributed by atoms with van der Waals surface area (Å²) >= 11 is 0. The molecule has 98 valence electrons. The third kappa shape index (κ3) is 2.24. The van der Waals surface area contributed by atoms with E-state index < -0.39 is 0 Å². The standard InChI is InChI=1S/C13H22O4/c14-10-11-2-1-3-12(17-11)4-6-13(7-5-12)15-8-9-16-13/h11,14H,1-10H2. The summed E-state index contributed by atoms with van der Waals surface area (Å²) in [5.74, 6) is -0.305. The minimum absolute atomic E-state index is 0.00773. The van der Waals surface area contributed by atoms with Crippen molar-refractivity contribution in [2.45, 2.75) is 62.4 Å². The molecule has 2 heterocycles. The topological polar surface area (TPSA) is 47.9 Å². The van der Waals surface area contributed by atoms with Crippen molar-refractivity contribution in [2.75, 3.05) is 19.8 Å². The second-order valence-electron chi connectivity index (χ2n) is 5.61. The maximum absolute atomic E-state index is 9.24. The molecule has 1 unspecified atom stereocenters. The molecule has 0 aromatic carbocycles. The van der Waals surface area contributed by atoms with Gasteiger partial charge in [-0.25, -0.2) is 0 Å². The lowest BCUT2D eigenvalue weighted by Gasteiger charge is -2.47. The van der Waals surface area contributed by atoms with Gasteiger partial charge in [0.25, 0.3) is 0 Å². The highest BCUT2D eigenvalue weighted by Gasteiger charge is 2.48. The second kappa shape index (κ2) is 4.50. The Hall–Kier alpha value is -0.160. The Labute approximate surface area is 102 Å². The summed E-state index contributed by atoms with van der Waals surface area (Å²) in [6.07, 6.45) is 7.21. The molecule has 0 radical (unpaired) electrons. The molecule has 4 nitrogen and oxygen atoms in total. The first kappa shape index (κ1) is 11.9. The van der Waals surface area contributed by atoms with E-state index in [1.807, 2.05) is 0 Å². The van der Waals surface area contributed by atoms with E-state index in [0.717, 1.165) is 51.7 Å². The van der Waals surface area contributed by atoms with Crippen LogP contribution in [0, 0.1) is 0 Å². The lowest BCUT2D eigenvalue weighted by molar-refractivity contribution is -0.231. The summed E-state index contributed by atoms with van der Waals surface area (Å²) in [5, 5.41) is 9.24. The Balaban J connectivity index is 1.62. The molecular weight excluding hydrogens is 220 g/mol. The first-order chi connectivity index (χ1) is 8.26. The van der Waals surface area contributed by atoms with Crippen molar-refractivity contribution < 1.29 is 19.3 Å². The van der Waals surface area contributed by atoms with E-state index >= 15 is 0 Å². The lowest BCUT2D eigenvalue weighted by atomic mass is 9.76. The molecule has 1 saturated carbocycles. The van der Waals surface area contributed by atoms with Gasteiger partial charge >= 0.3 is 0 Å². The van der Waals surface area contributed by atoms with Gasteiger partial charge < -0.3 is 19.3 Å². The van der Waals surface area contributed by atoms with Crippen molar-refractivity contribution in [3.8, 4) is 0 Å². The molecule has 3 rings (SSSR count). The maximum atomic E-state index is 9.24. The van der Waals surface area contributed by atoms with Crippen LogP contribution in [0.15, 0.2) is 0 Å². The number of hydrogen-bond acceptors (Lipinski definition) is 4. The molecule has 1 N–H and O–H groups in total. The zero-order valence-corrected chi connectivity index (χ0v) is 10.3. The average molecular weight is 242 g/mol. The van der Waals surface area contributed by atoms with Gasteiger partial charge in [0.1, 0.15) is 0 Å². The Morgan fingerprint density at radius 2 is 1.71 bits per heavy atom. The Bertz CT molecular complexity index is 263. The van der Waals surface area contributed by atoms with Gasteiger partial charge in [-0.2, -0.15) is 0 Å². The summed E-state index contributed by atoms with van der Waals surface area (Å²) in [5.41, 5.74) is -0.00773. The van der Waals surface area contributed by atoms with Crippen molar-refractivity contribution in [3.05, 3.63) is 0 Å². The van der Waals surface area contributed by atoms with E-state index in [2.05, 4.69) is 0 Å². The van der Waals surface area contributed by atoms with Crippen molar-refractivity contribution in [1.82, 2.24) is 0 Å². The smallest absolute Gasteiger partial charge is 0.168 e. The average Bonchev–Trinajstić information content (AvgIpc) is 2.83. The summed E-state index contributed by atoms with van der Waals surface area (Å²) in [7, 11) is 0. The largest absolute Gasteiger partial charge is 0.394 e. The fourth-order valence-corrected chi connectivity index (χ4v) is 3.49. The molecule has 0 aromatic rings. The van der Waals surface area contributed by atoms with Gasteiger partial charge in [0.15, 0.2) is 5.79 Å². The zero-order valence-electron chi connectivity index (χ0n) is 10.3. The third-order valence-electron chi connectivity index (χ3n) is 4.52. The highest BCUT2D eigenvalue weighted by atomic mass is 16.7. The number of ether oxygens (including phenoxy) is 3. The maximum Gasteiger partial charge on any atom is 0.168 e. The van der Waals surface area contributed by atoms with Crippen LogP contribution < -0.4 is 0 Å². The first-order valence-electron chi connectivity index (χ1n) is 6.83. The van der Waals surface area contributed by atoms with E-state index in [1.165, 1.54) is 6.42 Å². The molecule has 1 atom stereocenters. The second-order valence-corrected chi connectivity index (χ2v) is 5.61. The SMILES string of the molecule is OCC1CCCC2(CCC3(CC2)OCCO3)O1. The highest BCUT2D eigenvalue weighted by Crippen LogP contribution is 2.46. The van der Waals surface area contributed by atoms with Gasteiger partial charge in [-0.3, -0.25) is 0 Å². The van der Waals surface area contributed by atoms with Crippen LogP contribution in [0.25, 0.3) is 0 Å². The van der Waals surface area contributed by atoms with Gasteiger partial charge in [0.05, 0.1) is 31.5 Å². The molecule has 0 aromatic heterocycles. The molecule has 17 heavy (non-hydrogen) atoms. The minimum atomic E-state index is -0.305. The molecule has 2 aliphatic heterocycles. The summed E-state index contributed by atoms with van der Waals surface area (Å²) < 4.78 is 17.6. The summed E-state index contributed by atoms with van der Waals surface area (Å²) in [4.78, 5) is 0. The first-order valence-corrected chi connectivity index (χ1v) is 6.83. The Morgan fingerprint density at radius 1 is 1.00 bits per heavy atom. The highest BCUT2D eigenvalue weighted by molar-refractivity contribution is 4.95. The van der Waals surface area contributed by atoms with Gasteiger partial charge in [0, 0.05) is 12.8 Å². The van der Waals surface area contributed by atoms with Crippen LogP contribution in [0.2, 0.25) is 0 Å². The predicted octanol–water partition coefficient (Wildman–Crippen LogP) is 1.60. The van der Waals surface area contributed by atoms with Crippen molar-refractivity contribution in [2.24, 2.45) is 0 Å². The Morgan fingerprint density at radius 3 is 2.35 bits per heavy atom. The lowest BCUT2D eigenvalue weighted by Crippen LogP contribution is -2.49. The van der Waals surface area contributed by atoms with Crippen molar-refractivity contribution >= 4 is 0 Å². The van der Waals surface area contributed by atoms with Crippen molar-refractivity contribution in [1.29, 1.82) is 0 Å². The van der Waals surface area contributed by atoms with Crippen LogP contribution in [0.3, 0.4) is 0 Å². The normalized spacial score (nSPS) is 35.5. The summed E-state index contributed by atoms with van der Waals surface area (Å²) in [6.45, 7) is 1.61. The van der Waals surface area contributed by atoms with Gasteiger partial charge in [-0.1, -0.05) is 0 Å². The molecule has 0 amide bonds. The van der Waals surface area contributed by atoms with E-state index in [9.17, 15) is 5.11 Å². The molecule has 4 heteroatoms. The van der Waals surface area contributed by atoms with Crippen LogP contribution in [-0.4, -0.2) is 42.4 Å². The van der Waals surface area contributed by atoms with Crippen LogP contribution in [0.1, 0.15) is 44.9 Å². The minimum Gasteiger partial charge on any atom is -0.394 e. The molecule has 1 aliphatic carbocycles. The molecule has 0 bridgehead atoms. The van der Waals surface area contributed by atoms with Gasteiger partial charge in [0.2, 0.25) is 0 Å². The fraction of sp³-hybridized carbons (Fsp3) is 1.00. The summed E-state index contributed by atoms with van der Waals surface area (Å²) in [6, 6.07) is 0. The molecule has 2 saturated heterocycles. The molecule has 3 fully saturated rings. The molecule has 3 aliphatic rings. The van der Waals surface area contributed by atoms with E-state index in [-0.39, 0.29) is 24.1 Å². The molecule has 2 spiro atoms. The number of aliphatic hydroxyl groups excluding tert-OH is 1. The predicted molar refractivity (Wildman–Crippen MR) is 61.6 cm³/mol. The number of rotatable bonds is 1. The van der Waals surface area contributed by atoms with Crippen LogP contribution in [0.4, 0.5) is 0 Å². The Kier molecular flexibility index (Phi) is 3.15. The number of aliphatic hydroxyl groups is 1. The third-order valence-corrected chi connectivity index (χ3v) is 4.52. The van der Waals surface area contributed by atoms with E-state index in [4.69, 9.17) is 14.2 Å². The van der Waals surface area contributed by atoms with Crippen LogP contribution in [-0.2, 0) is 14.2 Å². The van der Waals surface area contributed by atoms with Crippen molar-refractivity contribution in [3.63, 3.8) is 0 Å². The quantitative estimate of drug-likeness (QED) is 0.759. The van der Waals surface area contributed by atoms with Gasteiger partial charge in [-0.15, -0.1) is 0 Å². The zero-order chi connectivity index (χ0) is 11.8. The van der Waals surface area contributed by atoms with Crippen LogP contribution >= 0.6 is 0 Å². The number of hydrogen-bond donors (Lipinski definition) is 1. The van der Waals surface area contributed by atoms with Gasteiger partial charge in [-0.05, 0) is 32.1 Å². The molecular formula is C13H22O4. The monoisotopic (exact) mass is 242 g/mol.